The summed E-state index contributed by atoms with van der Waals surface area (Å²) in [5.74, 6) is -0.0546. The van der Waals surface area contributed by atoms with E-state index < -0.39 is 29.1 Å². The molecule has 3 heterocycles. The van der Waals surface area contributed by atoms with Crippen LogP contribution in [-0.2, 0) is 6.18 Å². The van der Waals surface area contributed by atoms with E-state index in [-0.39, 0.29) is 23.0 Å². The van der Waals surface area contributed by atoms with Gasteiger partial charge < -0.3 is 31.4 Å². The van der Waals surface area contributed by atoms with E-state index in [0.29, 0.717) is 11.0 Å². The second-order valence-electron chi connectivity index (χ2n) is 13.5. The molecule has 4 aliphatic rings. The van der Waals surface area contributed by atoms with Crippen LogP contribution in [0, 0.1) is 16.7 Å². The number of amides is 1. The van der Waals surface area contributed by atoms with E-state index in [2.05, 4.69) is 25.8 Å². The number of carbonyl (C=O) groups excluding carboxylic acids is 1. The van der Waals surface area contributed by atoms with Crippen molar-refractivity contribution in [1.82, 2.24) is 25.8 Å². The molecule has 0 bridgehead atoms. The Morgan fingerprint density at radius 1 is 1.11 bits per heavy atom. The molecule has 3 fully saturated rings. The minimum absolute atomic E-state index is 0.158. The SMILES string of the molecule is CC(C)(O)C1=CC(=N)/C(=C\NC2CCN(CC3CCC4(CCNCC4)CC3)CC2)C=C1NC(=O)c1cccc(C(F)(F)F)n1. The van der Waals surface area contributed by atoms with Gasteiger partial charge in [0.25, 0.3) is 5.91 Å². The van der Waals surface area contributed by atoms with Crippen LogP contribution in [0.5, 0.6) is 0 Å². The predicted molar refractivity (Wildman–Crippen MR) is 164 cm³/mol. The predicted octanol–water partition coefficient (Wildman–Crippen LogP) is 4.94. The zero-order chi connectivity index (χ0) is 31.5. The number of pyridine rings is 1. The molecule has 2 saturated heterocycles. The van der Waals surface area contributed by atoms with Crippen LogP contribution in [0.3, 0.4) is 0 Å². The summed E-state index contributed by atoms with van der Waals surface area (Å²) < 4.78 is 39.4. The van der Waals surface area contributed by atoms with E-state index in [4.69, 9.17) is 5.41 Å². The number of hydrogen-bond acceptors (Lipinski definition) is 7. The van der Waals surface area contributed by atoms with Gasteiger partial charge in [-0.3, -0.25) is 4.79 Å². The van der Waals surface area contributed by atoms with Crippen LogP contribution < -0.4 is 16.0 Å². The Morgan fingerprint density at radius 2 is 1.80 bits per heavy atom. The van der Waals surface area contributed by atoms with Crippen LogP contribution in [0.25, 0.3) is 0 Å². The molecule has 5 rings (SSSR count). The van der Waals surface area contributed by atoms with E-state index in [0.717, 1.165) is 44.0 Å². The van der Waals surface area contributed by atoms with Gasteiger partial charge in [0, 0.05) is 48.7 Å². The number of aromatic nitrogens is 1. The molecule has 0 aromatic carbocycles. The lowest BCUT2D eigenvalue weighted by Crippen LogP contribution is -2.44. The Kier molecular flexibility index (Phi) is 9.67. The molecule has 44 heavy (non-hydrogen) atoms. The molecular formula is C33H45F3N6O2. The summed E-state index contributed by atoms with van der Waals surface area (Å²) >= 11 is 0. The molecule has 2 aliphatic heterocycles. The minimum Gasteiger partial charge on any atom is -0.388 e. The lowest BCUT2D eigenvalue weighted by Gasteiger charge is -2.44. The van der Waals surface area contributed by atoms with Gasteiger partial charge in [-0.1, -0.05) is 6.07 Å². The zero-order valence-corrected chi connectivity index (χ0v) is 25.7. The number of halogens is 3. The molecule has 8 nitrogen and oxygen atoms in total. The molecule has 1 saturated carbocycles. The number of carbonyl (C=O) groups is 1. The quantitative estimate of drug-likeness (QED) is 0.297. The highest BCUT2D eigenvalue weighted by molar-refractivity contribution is 6.11. The number of nitrogens with one attached hydrogen (secondary N) is 4. The van der Waals surface area contributed by atoms with Crippen LogP contribution in [0.15, 0.2) is 53.4 Å². The molecule has 2 aliphatic carbocycles. The molecule has 0 atom stereocenters. The van der Waals surface area contributed by atoms with Gasteiger partial charge in [-0.25, -0.2) is 4.98 Å². The molecule has 0 radical (unpaired) electrons. The number of hydrogen-bond donors (Lipinski definition) is 5. The first kappa shape index (κ1) is 32.4. The Balaban J connectivity index is 1.17. The summed E-state index contributed by atoms with van der Waals surface area (Å²) in [5.41, 5.74) is -1.23. The Hall–Kier alpha value is -3.02. The van der Waals surface area contributed by atoms with Gasteiger partial charge in [0.05, 0.1) is 11.3 Å². The summed E-state index contributed by atoms with van der Waals surface area (Å²) in [7, 11) is 0. The third-order valence-corrected chi connectivity index (χ3v) is 9.78. The fraction of sp³-hybridized carbons (Fsp3) is 0.606. The maximum atomic E-state index is 13.1. The number of rotatable bonds is 7. The van der Waals surface area contributed by atoms with Crippen LogP contribution >= 0.6 is 0 Å². The highest BCUT2D eigenvalue weighted by Crippen LogP contribution is 2.45. The highest BCUT2D eigenvalue weighted by atomic mass is 19.4. The fourth-order valence-corrected chi connectivity index (χ4v) is 7.04. The van der Waals surface area contributed by atoms with Crippen molar-refractivity contribution < 1.29 is 23.1 Å². The molecule has 240 valence electrons. The van der Waals surface area contributed by atoms with Crippen molar-refractivity contribution in [2.75, 3.05) is 32.7 Å². The van der Waals surface area contributed by atoms with E-state index in [1.807, 2.05) is 0 Å². The number of likely N-dealkylation sites (tertiary alicyclic amines) is 1. The van der Waals surface area contributed by atoms with Crippen molar-refractivity contribution >= 4 is 11.6 Å². The van der Waals surface area contributed by atoms with Crippen molar-refractivity contribution in [3.05, 3.63) is 64.8 Å². The average Bonchev–Trinajstić information content (AvgIpc) is 2.99. The molecule has 1 amide bonds. The third kappa shape index (κ3) is 7.97. The number of alkyl halides is 3. The largest absolute Gasteiger partial charge is 0.433 e. The maximum absolute atomic E-state index is 13.1. The van der Waals surface area contributed by atoms with Gasteiger partial charge in [-0.2, -0.15) is 13.2 Å². The number of nitrogens with zero attached hydrogens (tertiary/aromatic N) is 2. The van der Waals surface area contributed by atoms with Crippen molar-refractivity contribution in [3.8, 4) is 0 Å². The third-order valence-electron chi connectivity index (χ3n) is 9.78. The summed E-state index contributed by atoms with van der Waals surface area (Å²) in [4.78, 5) is 19.0. The van der Waals surface area contributed by atoms with Crippen molar-refractivity contribution in [1.29, 1.82) is 5.41 Å². The molecule has 1 aromatic heterocycles. The van der Waals surface area contributed by atoms with E-state index in [1.54, 1.807) is 12.3 Å². The molecular weight excluding hydrogens is 569 g/mol. The number of allylic oxidation sites excluding steroid dienone is 3. The van der Waals surface area contributed by atoms with Crippen LogP contribution in [-0.4, -0.2) is 71.0 Å². The first-order valence-corrected chi connectivity index (χ1v) is 15.8. The molecule has 11 heteroatoms. The average molecular weight is 615 g/mol. The summed E-state index contributed by atoms with van der Waals surface area (Å²) in [6.45, 7) is 8.59. The first-order valence-electron chi connectivity index (χ1n) is 15.8. The number of aliphatic hydroxyl groups is 1. The van der Waals surface area contributed by atoms with Gasteiger partial charge in [0.2, 0.25) is 0 Å². The van der Waals surface area contributed by atoms with Crippen LogP contribution in [0.2, 0.25) is 0 Å². The highest BCUT2D eigenvalue weighted by Gasteiger charge is 2.37. The summed E-state index contributed by atoms with van der Waals surface area (Å²) in [5, 5.41) is 28.8. The van der Waals surface area contributed by atoms with Crippen molar-refractivity contribution in [3.63, 3.8) is 0 Å². The maximum Gasteiger partial charge on any atom is 0.433 e. The van der Waals surface area contributed by atoms with Crippen LogP contribution in [0.1, 0.15) is 81.4 Å². The normalized spacial score (nSPS) is 23.4. The van der Waals surface area contributed by atoms with Gasteiger partial charge in [-0.15, -0.1) is 0 Å². The van der Waals surface area contributed by atoms with Gasteiger partial charge in [0.15, 0.2) is 0 Å². The molecule has 1 aromatic rings. The molecule has 5 N–H and O–H groups in total. The van der Waals surface area contributed by atoms with Crippen LogP contribution in [0.4, 0.5) is 13.2 Å². The van der Waals surface area contributed by atoms with E-state index in [9.17, 15) is 23.1 Å². The second kappa shape index (κ2) is 13.1. The Labute approximate surface area is 257 Å². The molecule has 1 spiro atoms. The fourth-order valence-electron chi connectivity index (χ4n) is 7.04. The standard InChI is InChI=1S/C33H45F3N6O2/c1-31(2,44)25-19-26(37)23(18-28(25)41-30(43)27-4-3-5-29(40-27)33(34,35)36)20-39-24-8-16-42(17-9-24)21-22-6-10-32(11-7-22)12-14-38-15-13-32/h3-5,18-20,22,24,37-39,44H,6-17,21H2,1-2H3,(H,41,43)/b23-20-,37-26?. The second-order valence-corrected chi connectivity index (χ2v) is 13.5. The summed E-state index contributed by atoms with van der Waals surface area (Å²) in [6, 6.07) is 3.38. The first-order chi connectivity index (χ1) is 20.8. The zero-order valence-electron chi connectivity index (χ0n) is 25.7. The van der Waals surface area contributed by atoms with Crippen molar-refractivity contribution in [2.45, 2.75) is 83.0 Å². The van der Waals surface area contributed by atoms with E-state index >= 15 is 0 Å². The molecule has 0 unspecified atom stereocenters. The monoisotopic (exact) mass is 614 g/mol. The van der Waals surface area contributed by atoms with Gasteiger partial charge >= 0.3 is 6.18 Å². The van der Waals surface area contributed by atoms with E-state index in [1.165, 1.54) is 84.1 Å². The van der Waals surface area contributed by atoms with Gasteiger partial charge in [0.1, 0.15) is 11.4 Å². The minimum atomic E-state index is -4.68. The smallest absolute Gasteiger partial charge is 0.388 e. The lowest BCUT2D eigenvalue weighted by molar-refractivity contribution is -0.141. The van der Waals surface area contributed by atoms with Gasteiger partial charge in [-0.05, 0) is 114 Å². The topological polar surface area (TPSA) is 113 Å². The van der Waals surface area contributed by atoms with Crippen molar-refractivity contribution in [2.24, 2.45) is 11.3 Å². The lowest BCUT2D eigenvalue weighted by atomic mass is 9.65. The number of piperidine rings is 2. The summed E-state index contributed by atoms with van der Waals surface area (Å²) in [6.07, 6.45) is 10.2. The Bertz CT molecular complexity index is 1310. The Morgan fingerprint density at radius 3 is 2.43 bits per heavy atom.